The third kappa shape index (κ3) is 3.74. The number of aromatic hydroxyl groups is 1. The molecule has 0 saturated carbocycles. The lowest BCUT2D eigenvalue weighted by Gasteiger charge is -2.04. The zero-order valence-corrected chi connectivity index (χ0v) is 12.3. The van der Waals surface area contributed by atoms with Gasteiger partial charge >= 0.3 is 6.03 Å². The van der Waals surface area contributed by atoms with Crippen molar-refractivity contribution in [2.24, 2.45) is 5.73 Å². The summed E-state index contributed by atoms with van der Waals surface area (Å²) < 4.78 is 0. The highest BCUT2D eigenvalue weighted by molar-refractivity contribution is 7.20. The zero-order chi connectivity index (χ0) is 16.1. The highest BCUT2D eigenvalue weighted by Gasteiger charge is 2.17. The number of benzene rings is 1. The first-order valence-corrected chi connectivity index (χ1v) is 7.21. The van der Waals surface area contributed by atoms with E-state index < -0.39 is 11.9 Å². The molecule has 22 heavy (non-hydrogen) atoms. The van der Waals surface area contributed by atoms with Crippen LogP contribution in [0, 0.1) is 0 Å². The Bertz CT molecular complexity index is 682. The summed E-state index contributed by atoms with van der Waals surface area (Å²) in [5, 5.41) is 23.3. The summed E-state index contributed by atoms with van der Waals surface area (Å²) in [4.78, 5) is 23.9. The van der Waals surface area contributed by atoms with Gasteiger partial charge in [-0.1, -0.05) is 0 Å². The van der Waals surface area contributed by atoms with Crippen molar-refractivity contribution in [1.82, 2.24) is 5.32 Å². The van der Waals surface area contributed by atoms with Crippen molar-refractivity contribution in [2.75, 3.05) is 18.5 Å². The normalized spacial score (nSPS) is 10.2. The SMILES string of the molecule is NC(=O)Nc1sc(-c2ccc(O)cc2)cc1C(=O)NCCO. The van der Waals surface area contributed by atoms with Crippen molar-refractivity contribution >= 4 is 28.3 Å². The van der Waals surface area contributed by atoms with Crippen LogP contribution in [-0.2, 0) is 0 Å². The van der Waals surface area contributed by atoms with E-state index in [1.807, 2.05) is 0 Å². The summed E-state index contributed by atoms with van der Waals surface area (Å²) in [5.74, 6) is -0.282. The molecule has 2 rings (SSSR count). The molecule has 0 unspecified atom stereocenters. The average Bonchev–Trinajstić information content (AvgIpc) is 2.88. The maximum absolute atomic E-state index is 12.1. The Balaban J connectivity index is 2.36. The summed E-state index contributed by atoms with van der Waals surface area (Å²) >= 11 is 1.19. The highest BCUT2D eigenvalue weighted by Crippen LogP contribution is 2.36. The van der Waals surface area contributed by atoms with Gasteiger partial charge in [0.2, 0.25) is 0 Å². The minimum atomic E-state index is -0.768. The van der Waals surface area contributed by atoms with Crippen LogP contribution in [0.25, 0.3) is 10.4 Å². The largest absolute Gasteiger partial charge is 0.508 e. The number of carbonyl (C=O) groups is 2. The molecule has 116 valence electrons. The lowest BCUT2D eigenvalue weighted by molar-refractivity contribution is 0.0946. The number of anilines is 1. The molecule has 1 aromatic heterocycles. The Morgan fingerprint density at radius 3 is 2.50 bits per heavy atom. The molecule has 0 bridgehead atoms. The van der Waals surface area contributed by atoms with Crippen molar-refractivity contribution in [2.45, 2.75) is 0 Å². The van der Waals surface area contributed by atoms with Gasteiger partial charge < -0.3 is 21.3 Å². The van der Waals surface area contributed by atoms with E-state index in [-0.39, 0.29) is 24.5 Å². The van der Waals surface area contributed by atoms with Crippen molar-refractivity contribution in [3.05, 3.63) is 35.9 Å². The van der Waals surface area contributed by atoms with E-state index in [1.54, 1.807) is 18.2 Å². The van der Waals surface area contributed by atoms with Gasteiger partial charge in [-0.2, -0.15) is 0 Å². The molecular weight excluding hydrogens is 306 g/mol. The maximum Gasteiger partial charge on any atom is 0.317 e. The number of carbonyl (C=O) groups excluding carboxylic acids is 2. The first kappa shape index (κ1) is 15.8. The number of phenolic OH excluding ortho intramolecular Hbond substituents is 1. The minimum Gasteiger partial charge on any atom is -0.508 e. The van der Waals surface area contributed by atoms with E-state index in [2.05, 4.69) is 10.6 Å². The minimum absolute atomic E-state index is 0.110. The van der Waals surface area contributed by atoms with E-state index >= 15 is 0 Å². The first-order chi connectivity index (χ1) is 10.5. The smallest absolute Gasteiger partial charge is 0.317 e. The third-order valence-corrected chi connectivity index (χ3v) is 3.86. The molecule has 0 saturated heterocycles. The maximum atomic E-state index is 12.1. The van der Waals surface area contributed by atoms with Crippen LogP contribution in [0.5, 0.6) is 5.75 Å². The van der Waals surface area contributed by atoms with Crippen LogP contribution in [0.2, 0.25) is 0 Å². The fraction of sp³-hybridized carbons (Fsp3) is 0.143. The molecule has 7 nitrogen and oxygen atoms in total. The number of phenols is 1. The third-order valence-electron chi connectivity index (χ3n) is 2.76. The number of nitrogens with two attached hydrogens (primary N) is 1. The summed E-state index contributed by atoms with van der Waals surface area (Å²) in [5.41, 5.74) is 6.17. The lowest BCUT2D eigenvalue weighted by atomic mass is 10.1. The van der Waals surface area contributed by atoms with E-state index in [0.717, 1.165) is 10.4 Å². The Morgan fingerprint density at radius 2 is 1.91 bits per heavy atom. The standard InChI is InChI=1S/C14H15N3O4S/c15-14(21)17-13-10(12(20)16-5-6-18)7-11(22-13)8-1-3-9(19)4-2-8/h1-4,7,18-19H,5-6H2,(H,16,20)(H3,15,17,21). The van der Waals surface area contributed by atoms with Gasteiger partial charge in [0.05, 0.1) is 12.2 Å². The number of nitrogens with one attached hydrogen (secondary N) is 2. The van der Waals surface area contributed by atoms with Crippen LogP contribution in [0.15, 0.2) is 30.3 Å². The van der Waals surface area contributed by atoms with Crippen LogP contribution >= 0.6 is 11.3 Å². The van der Waals surface area contributed by atoms with Crippen LogP contribution in [0.3, 0.4) is 0 Å². The number of hydrogen-bond acceptors (Lipinski definition) is 5. The van der Waals surface area contributed by atoms with Gasteiger partial charge in [-0.3, -0.25) is 10.1 Å². The number of amides is 3. The van der Waals surface area contributed by atoms with Crippen LogP contribution in [0.1, 0.15) is 10.4 Å². The molecule has 0 aliphatic carbocycles. The van der Waals surface area contributed by atoms with Crippen LogP contribution in [-0.4, -0.2) is 35.3 Å². The van der Waals surface area contributed by atoms with E-state index in [0.29, 0.717) is 5.00 Å². The molecule has 3 amide bonds. The zero-order valence-electron chi connectivity index (χ0n) is 11.5. The monoisotopic (exact) mass is 321 g/mol. The van der Waals surface area contributed by atoms with Gasteiger partial charge in [0.1, 0.15) is 10.8 Å². The number of thiophene rings is 1. The van der Waals surface area contributed by atoms with E-state index in [1.165, 1.54) is 23.5 Å². The van der Waals surface area contributed by atoms with Gasteiger partial charge in [0.25, 0.3) is 5.91 Å². The topological polar surface area (TPSA) is 125 Å². The summed E-state index contributed by atoms with van der Waals surface area (Å²) in [7, 11) is 0. The predicted molar refractivity (Wildman–Crippen MR) is 84.0 cm³/mol. The second-order valence-corrected chi connectivity index (χ2v) is 5.42. The molecule has 0 atom stereocenters. The molecule has 0 aliphatic heterocycles. The Kier molecular flexibility index (Phi) is 4.97. The quantitative estimate of drug-likeness (QED) is 0.570. The number of urea groups is 1. The average molecular weight is 321 g/mol. The molecule has 0 fully saturated rings. The van der Waals surface area contributed by atoms with Crippen LogP contribution < -0.4 is 16.4 Å². The van der Waals surface area contributed by atoms with Gasteiger partial charge in [-0.15, -0.1) is 11.3 Å². The molecule has 8 heteroatoms. The van der Waals surface area contributed by atoms with E-state index in [9.17, 15) is 14.7 Å². The molecule has 2 aromatic rings. The molecular formula is C14H15N3O4S. The number of rotatable bonds is 5. The molecule has 6 N–H and O–H groups in total. The highest BCUT2D eigenvalue weighted by atomic mass is 32.1. The lowest BCUT2D eigenvalue weighted by Crippen LogP contribution is -2.27. The number of hydrogen-bond donors (Lipinski definition) is 5. The van der Waals surface area contributed by atoms with Gasteiger partial charge in [0, 0.05) is 11.4 Å². The van der Waals surface area contributed by atoms with Gasteiger partial charge in [0.15, 0.2) is 0 Å². The molecule has 1 aromatic carbocycles. The fourth-order valence-electron chi connectivity index (χ4n) is 1.80. The molecule has 0 aliphatic rings. The fourth-order valence-corrected chi connectivity index (χ4v) is 2.86. The molecule has 1 heterocycles. The number of primary amides is 1. The second-order valence-electron chi connectivity index (χ2n) is 4.37. The summed E-state index contributed by atoms with van der Waals surface area (Å²) in [6, 6.07) is 7.31. The summed E-state index contributed by atoms with van der Waals surface area (Å²) in [6.45, 7) is -0.0709. The van der Waals surface area contributed by atoms with Crippen LogP contribution in [0.4, 0.5) is 9.80 Å². The predicted octanol–water partition coefficient (Wildman–Crippen LogP) is 1.33. The van der Waals surface area contributed by atoms with Crippen molar-refractivity contribution < 1.29 is 19.8 Å². The van der Waals surface area contributed by atoms with Crippen molar-refractivity contribution in [3.63, 3.8) is 0 Å². The van der Waals surface area contributed by atoms with Crippen molar-refractivity contribution in [3.8, 4) is 16.2 Å². The van der Waals surface area contributed by atoms with Gasteiger partial charge in [-0.05, 0) is 35.9 Å². The Hall–Kier alpha value is -2.58. The number of aliphatic hydroxyl groups excluding tert-OH is 1. The first-order valence-electron chi connectivity index (χ1n) is 6.40. The Labute approximate surface area is 130 Å². The molecule has 0 radical (unpaired) electrons. The van der Waals surface area contributed by atoms with E-state index in [4.69, 9.17) is 10.8 Å². The van der Waals surface area contributed by atoms with Gasteiger partial charge in [-0.25, -0.2) is 4.79 Å². The Morgan fingerprint density at radius 1 is 1.23 bits per heavy atom. The molecule has 0 spiro atoms. The second kappa shape index (κ2) is 6.92. The summed E-state index contributed by atoms with van der Waals surface area (Å²) in [6.07, 6.45) is 0. The van der Waals surface area contributed by atoms with Crippen molar-refractivity contribution in [1.29, 1.82) is 0 Å². The number of aliphatic hydroxyl groups is 1.